The molecule has 0 unspecified atom stereocenters. The molecule has 2 aromatic rings. The van der Waals surface area contributed by atoms with Crippen molar-refractivity contribution in [2.24, 2.45) is 0 Å². The van der Waals surface area contributed by atoms with Crippen LogP contribution in [-0.4, -0.2) is 53.4 Å². The molecule has 8 heteroatoms. The minimum absolute atomic E-state index is 0.0420. The molecule has 144 valence electrons. The van der Waals surface area contributed by atoms with Gasteiger partial charge in [0.05, 0.1) is 6.54 Å². The van der Waals surface area contributed by atoms with Crippen molar-refractivity contribution in [1.29, 1.82) is 0 Å². The molecule has 0 atom stereocenters. The highest BCUT2D eigenvalue weighted by Crippen LogP contribution is 2.10. The van der Waals surface area contributed by atoms with Gasteiger partial charge in [0.2, 0.25) is 5.91 Å². The molecule has 1 aromatic carbocycles. The van der Waals surface area contributed by atoms with Gasteiger partial charge in [-0.2, -0.15) is 0 Å². The summed E-state index contributed by atoms with van der Waals surface area (Å²) in [6, 6.07) is 8.31. The molecule has 0 aliphatic carbocycles. The van der Waals surface area contributed by atoms with Crippen LogP contribution in [0.4, 0.5) is 0 Å². The van der Waals surface area contributed by atoms with Crippen molar-refractivity contribution in [1.82, 2.24) is 15.2 Å². The van der Waals surface area contributed by atoms with Gasteiger partial charge in [-0.3, -0.25) is 14.4 Å². The zero-order chi connectivity index (χ0) is 20.2. The van der Waals surface area contributed by atoms with Crippen LogP contribution in [0, 0.1) is 0 Å². The number of amides is 2. The fourth-order valence-corrected chi connectivity index (χ4v) is 2.40. The number of rotatable bonds is 5. The summed E-state index contributed by atoms with van der Waals surface area (Å²) in [5, 5.41) is 3.79. The summed E-state index contributed by atoms with van der Waals surface area (Å²) in [7, 11) is 1.44. The number of hydrogen-bond donors (Lipinski definition) is 2. The molecule has 0 saturated heterocycles. The van der Waals surface area contributed by atoms with Crippen LogP contribution < -0.4 is 10.9 Å². The predicted octanol–water partition coefficient (Wildman–Crippen LogP) is 1.06. The predicted molar refractivity (Wildman–Crippen MR) is 100 cm³/mol. The molecule has 0 fully saturated rings. The lowest BCUT2D eigenvalue weighted by atomic mass is 10.1. The normalized spacial score (nSPS) is 11.1. The Morgan fingerprint density at radius 1 is 1.19 bits per heavy atom. The average molecular weight is 373 g/mol. The molecule has 1 aromatic heterocycles. The van der Waals surface area contributed by atoms with Crippen LogP contribution in [0.15, 0.2) is 35.1 Å². The number of H-pyrrole nitrogens is 1. The monoisotopic (exact) mass is 373 g/mol. The van der Waals surface area contributed by atoms with Crippen molar-refractivity contribution < 1.29 is 19.1 Å². The quantitative estimate of drug-likeness (QED) is 0.762. The number of likely N-dealkylation sites (N-methyl/N-ethyl adjacent to an activating group) is 1. The number of pyridine rings is 1. The maximum atomic E-state index is 12.1. The second-order valence-electron chi connectivity index (χ2n) is 7.22. The van der Waals surface area contributed by atoms with Crippen molar-refractivity contribution in [3.63, 3.8) is 0 Å². The van der Waals surface area contributed by atoms with Gasteiger partial charge in [0.15, 0.2) is 6.61 Å². The smallest absolute Gasteiger partial charge is 0.355 e. The Balaban J connectivity index is 1.96. The van der Waals surface area contributed by atoms with E-state index in [1.54, 1.807) is 24.3 Å². The van der Waals surface area contributed by atoms with Crippen LogP contribution >= 0.6 is 0 Å². The number of aromatic nitrogens is 1. The molecular formula is C19H23N3O5. The van der Waals surface area contributed by atoms with Gasteiger partial charge in [0.25, 0.3) is 11.5 Å². The highest BCUT2D eigenvalue weighted by Gasteiger charge is 2.19. The lowest BCUT2D eigenvalue weighted by molar-refractivity contribution is -0.137. The van der Waals surface area contributed by atoms with E-state index in [0.717, 1.165) is 4.90 Å². The van der Waals surface area contributed by atoms with E-state index >= 15 is 0 Å². The molecular weight excluding hydrogens is 350 g/mol. The van der Waals surface area contributed by atoms with Crippen LogP contribution in [0.25, 0.3) is 10.8 Å². The minimum atomic E-state index is -0.821. The minimum Gasteiger partial charge on any atom is -0.451 e. The van der Waals surface area contributed by atoms with Crippen LogP contribution in [0.3, 0.4) is 0 Å². The van der Waals surface area contributed by atoms with Gasteiger partial charge in [-0.1, -0.05) is 18.2 Å². The van der Waals surface area contributed by atoms with Crippen molar-refractivity contribution in [3.05, 3.63) is 46.4 Å². The number of ether oxygens (including phenoxy) is 1. The summed E-state index contributed by atoms with van der Waals surface area (Å²) in [6.45, 7) is 4.81. The molecule has 0 radical (unpaired) electrons. The fraction of sp³-hybridized carbons (Fsp3) is 0.368. The van der Waals surface area contributed by atoms with Gasteiger partial charge >= 0.3 is 5.97 Å². The third kappa shape index (κ3) is 5.67. The summed E-state index contributed by atoms with van der Waals surface area (Å²) < 4.78 is 4.97. The van der Waals surface area contributed by atoms with E-state index in [0.29, 0.717) is 10.8 Å². The van der Waals surface area contributed by atoms with Crippen LogP contribution in [0.5, 0.6) is 0 Å². The Bertz CT molecular complexity index is 927. The molecule has 0 aliphatic rings. The maximum absolute atomic E-state index is 12.1. The number of benzene rings is 1. The largest absolute Gasteiger partial charge is 0.451 e. The zero-order valence-corrected chi connectivity index (χ0v) is 15.8. The van der Waals surface area contributed by atoms with E-state index in [9.17, 15) is 19.2 Å². The Morgan fingerprint density at radius 3 is 2.52 bits per heavy atom. The first-order valence-corrected chi connectivity index (χ1v) is 8.41. The lowest BCUT2D eigenvalue weighted by Crippen LogP contribution is -2.46. The van der Waals surface area contributed by atoms with Crippen LogP contribution in [0.2, 0.25) is 0 Å². The van der Waals surface area contributed by atoms with Gasteiger partial charge in [0.1, 0.15) is 5.69 Å². The number of nitrogens with one attached hydrogen (secondary N) is 2. The van der Waals surface area contributed by atoms with Gasteiger partial charge in [-0.25, -0.2) is 4.79 Å². The first-order valence-electron chi connectivity index (χ1n) is 8.41. The number of aromatic amines is 1. The van der Waals surface area contributed by atoms with Crippen molar-refractivity contribution >= 4 is 28.6 Å². The van der Waals surface area contributed by atoms with E-state index in [-0.39, 0.29) is 18.1 Å². The number of hydrogen-bond acceptors (Lipinski definition) is 5. The number of carbonyl (C=O) groups is 3. The van der Waals surface area contributed by atoms with Crippen molar-refractivity contribution in [2.75, 3.05) is 20.2 Å². The molecule has 0 spiro atoms. The molecule has 1 heterocycles. The second kappa shape index (κ2) is 8.03. The topological polar surface area (TPSA) is 109 Å². The van der Waals surface area contributed by atoms with Gasteiger partial charge < -0.3 is 19.9 Å². The number of nitrogens with zero attached hydrogens (tertiary/aromatic N) is 1. The van der Waals surface area contributed by atoms with Gasteiger partial charge in [0, 0.05) is 18.0 Å². The summed E-state index contributed by atoms with van der Waals surface area (Å²) in [6.07, 6.45) is 0. The molecule has 27 heavy (non-hydrogen) atoms. The average Bonchev–Trinajstić information content (AvgIpc) is 2.57. The highest BCUT2D eigenvalue weighted by molar-refractivity contribution is 5.94. The molecule has 0 aliphatic heterocycles. The van der Waals surface area contributed by atoms with E-state index in [1.165, 1.54) is 13.1 Å². The third-order valence-corrected chi connectivity index (χ3v) is 3.62. The van der Waals surface area contributed by atoms with E-state index in [1.807, 2.05) is 20.8 Å². The maximum Gasteiger partial charge on any atom is 0.355 e. The molecule has 0 bridgehead atoms. The fourth-order valence-electron chi connectivity index (χ4n) is 2.40. The highest BCUT2D eigenvalue weighted by atomic mass is 16.5. The van der Waals surface area contributed by atoms with Crippen LogP contribution in [0.1, 0.15) is 31.3 Å². The Morgan fingerprint density at radius 2 is 1.85 bits per heavy atom. The molecule has 8 nitrogen and oxygen atoms in total. The van der Waals surface area contributed by atoms with Gasteiger partial charge in [-0.15, -0.1) is 0 Å². The van der Waals surface area contributed by atoms with Gasteiger partial charge in [-0.05, 0) is 38.3 Å². The van der Waals surface area contributed by atoms with E-state index in [2.05, 4.69) is 10.3 Å². The first-order chi connectivity index (χ1) is 12.6. The Labute approximate surface area is 156 Å². The summed E-state index contributed by atoms with van der Waals surface area (Å²) in [5.41, 5.74) is -0.864. The summed E-state index contributed by atoms with van der Waals surface area (Å²) >= 11 is 0. The second-order valence-corrected chi connectivity index (χ2v) is 7.22. The number of esters is 1. The number of fused-ring (bicyclic) bond motifs is 1. The SMILES string of the molecule is CN(CC(=O)NC(C)(C)C)C(=O)COC(=O)c1cc2ccccc2c(=O)[nH]1. The lowest BCUT2D eigenvalue weighted by Gasteiger charge is -2.23. The van der Waals surface area contributed by atoms with Crippen molar-refractivity contribution in [2.45, 2.75) is 26.3 Å². The first kappa shape index (κ1) is 20.2. The number of carbonyl (C=O) groups excluding carboxylic acids is 3. The van der Waals surface area contributed by atoms with Crippen molar-refractivity contribution in [3.8, 4) is 0 Å². The molecule has 2 rings (SSSR count). The third-order valence-electron chi connectivity index (χ3n) is 3.62. The summed E-state index contributed by atoms with van der Waals surface area (Å²) in [4.78, 5) is 51.6. The van der Waals surface area contributed by atoms with E-state index < -0.39 is 29.6 Å². The zero-order valence-electron chi connectivity index (χ0n) is 15.8. The van der Waals surface area contributed by atoms with E-state index in [4.69, 9.17) is 4.74 Å². The van der Waals surface area contributed by atoms with Crippen LogP contribution in [-0.2, 0) is 14.3 Å². The molecule has 0 saturated carbocycles. The standard InChI is InChI=1S/C19H23N3O5/c1-19(2,3)21-15(23)10-22(4)16(24)11-27-18(26)14-9-12-7-5-6-8-13(12)17(25)20-14/h5-9H,10-11H2,1-4H3,(H,20,25)(H,21,23). The molecule has 2 N–H and O–H groups in total. The molecule has 2 amide bonds. The summed E-state index contributed by atoms with van der Waals surface area (Å²) in [5.74, 6) is -1.67. The Kier molecular flexibility index (Phi) is 5.99. The Hall–Kier alpha value is -3.16.